The van der Waals surface area contributed by atoms with Gasteiger partial charge in [-0.3, -0.25) is 0 Å². The van der Waals surface area contributed by atoms with Gasteiger partial charge in [0.25, 0.3) is 0 Å². The summed E-state index contributed by atoms with van der Waals surface area (Å²) in [7, 11) is -3.55. The number of urea groups is 1. The first-order valence-electron chi connectivity index (χ1n) is 8.63. The smallest absolute Gasteiger partial charge is 0.317 e. The number of piperazine rings is 1. The average molecular weight is 369 g/mol. The van der Waals surface area contributed by atoms with Crippen LogP contribution in [-0.4, -0.2) is 62.5 Å². The molecule has 1 saturated heterocycles. The van der Waals surface area contributed by atoms with E-state index in [0.717, 1.165) is 6.42 Å². The van der Waals surface area contributed by atoms with E-state index in [1.807, 2.05) is 20.8 Å². The Kier molecular flexibility index (Phi) is 6.66. The van der Waals surface area contributed by atoms with Gasteiger partial charge in [-0.1, -0.05) is 6.92 Å². The minimum absolute atomic E-state index is 0.0581. The van der Waals surface area contributed by atoms with Crippen LogP contribution in [0.25, 0.3) is 0 Å². The minimum Gasteiger partial charge on any atom is -0.494 e. The van der Waals surface area contributed by atoms with E-state index in [1.54, 1.807) is 29.2 Å². The van der Waals surface area contributed by atoms with Crippen LogP contribution in [0.1, 0.15) is 27.2 Å². The summed E-state index contributed by atoms with van der Waals surface area (Å²) < 4.78 is 32.4. The number of nitrogens with zero attached hydrogens (tertiary/aromatic N) is 2. The Morgan fingerprint density at radius 1 is 1.16 bits per heavy atom. The maximum atomic E-state index is 12.7. The molecule has 0 spiro atoms. The van der Waals surface area contributed by atoms with Gasteiger partial charge in [0.2, 0.25) is 10.0 Å². The second-order valence-electron chi connectivity index (χ2n) is 6.32. The fourth-order valence-corrected chi connectivity index (χ4v) is 3.97. The second-order valence-corrected chi connectivity index (χ2v) is 8.25. The van der Waals surface area contributed by atoms with Gasteiger partial charge < -0.3 is 15.0 Å². The zero-order chi connectivity index (χ0) is 18.4. The van der Waals surface area contributed by atoms with Gasteiger partial charge in [-0.15, -0.1) is 0 Å². The number of sulfonamides is 1. The lowest BCUT2D eigenvalue weighted by Gasteiger charge is -2.34. The summed E-state index contributed by atoms with van der Waals surface area (Å²) in [5.74, 6) is 0.663. The van der Waals surface area contributed by atoms with Crippen molar-refractivity contribution >= 4 is 16.1 Å². The van der Waals surface area contributed by atoms with Crippen molar-refractivity contribution in [2.45, 2.75) is 38.1 Å². The molecule has 0 aromatic heterocycles. The van der Waals surface area contributed by atoms with Crippen LogP contribution in [-0.2, 0) is 10.0 Å². The highest BCUT2D eigenvalue weighted by Crippen LogP contribution is 2.21. The van der Waals surface area contributed by atoms with E-state index in [1.165, 1.54) is 4.31 Å². The van der Waals surface area contributed by atoms with Crippen LogP contribution in [0.5, 0.6) is 5.75 Å². The molecule has 7 nitrogen and oxygen atoms in total. The van der Waals surface area contributed by atoms with Gasteiger partial charge >= 0.3 is 6.03 Å². The summed E-state index contributed by atoms with van der Waals surface area (Å²) >= 11 is 0. The Morgan fingerprint density at radius 3 is 2.28 bits per heavy atom. The molecule has 1 aliphatic heterocycles. The number of carbonyl (C=O) groups is 1. The Hall–Kier alpha value is -1.80. The van der Waals surface area contributed by atoms with Crippen molar-refractivity contribution in [3.63, 3.8) is 0 Å². The molecule has 1 heterocycles. The molecular weight excluding hydrogens is 342 g/mol. The first-order valence-corrected chi connectivity index (χ1v) is 10.1. The predicted octanol–water partition coefficient (Wildman–Crippen LogP) is 1.90. The Bertz CT molecular complexity index is 666. The maximum absolute atomic E-state index is 12.7. The summed E-state index contributed by atoms with van der Waals surface area (Å²) in [6.07, 6.45) is 0.898. The molecule has 1 aromatic rings. The summed E-state index contributed by atoms with van der Waals surface area (Å²) in [4.78, 5) is 13.9. The molecule has 0 bridgehead atoms. The molecule has 25 heavy (non-hydrogen) atoms. The zero-order valence-corrected chi connectivity index (χ0v) is 15.9. The number of carbonyl (C=O) groups excluding carboxylic acids is 1. The summed E-state index contributed by atoms with van der Waals surface area (Å²) in [5.41, 5.74) is 0. The molecule has 1 N–H and O–H groups in total. The van der Waals surface area contributed by atoms with E-state index in [9.17, 15) is 13.2 Å². The maximum Gasteiger partial charge on any atom is 0.317 e. The highest BCUT2D eigenvalue weighted by Gasteiger charge is 2.30. The SMILES string of the molecule is CCCOc1ccc(S(=O)(=O)N2CCN(C(=O)NC(C)C)CC2)cc1. The van der Waals surface area contributed by atoms with Crippen molar-refractivity contribution in [3.8, 4) is 5.75 Å². The number of nitrogens with one attached hydrogen (secondary N) is 1. The van der Waals surface area contributed by atoms with Crippen molar-refractivity contribution in [2.75, 3.05) is 32.8 Å². The topological polar surface area (TPSA) is 79.0 Å². The Labute approximate surface area is 150 Å². The number of ether oxygens (including phenoxy) is 1. The van der Waals surface area contributed by atoms with Crippen LogP contribution in [0.4, 0.5) is 4.79 Å². The van der Waals surface area contributed by atoms with E-state index in [2.05, 4.69) is 5.32 Å². The van der Waals surface area contributed by atoms with E-state index in [0.29, 0.717) is 38.5 Å². The third-order valence-corrected chi connectivity index (χ3v) is 5.79. The minimum atomic E-state index is -3.55. The van der Waals surface area contributed by atoms with E-state index < -0.39 is 10.0 Å². The van der Waals surface area contributed by atoms with Crippen LogP contribution in [0.15, 0.2) is 29.2 Å². The van der Waals surface area contributed by atoms with Crippen LogP contribution in [0.3, 0.4) is 0 Å². The van der Waals surface area contributed by atoms with Gasteiger partial charge in [-0.05, 0) is 44.5 Å². The molecule has 1 aliphatic rings. The molecule has 0 saturated carbocycles. The summed E-state index contributed by atoms with van der Waals surface area (Å²) in [6, 6.07) is 6.40. The van der Waals surface area contributed by atoms with E-state index in [-0.39, 0.29) is 17.0 Å². The van der Waals surface area contributed by atoms with Gasteiger partial charge in [-0.25, -0.2) is 13.2 Å². The summed E-state index contributed by atoms with van der Waals surface area (Å²) in [5, 5.41) is 2.83. The Balaban J connectivity index is 1.98. The third-order valence-electron chi connectivity index (χ3n) is 3.87. The average Bonchev–Trinajstić information content (AvgIpc) is 2.60. The van der Waals surface area contributed by atoms with E-state index >= 15 is 0 Å². The van der Waals surface area contributed by atoms with E-state index in [4.69, 9.17) is 4.74 Å². The highest BCUT2D eigenvalue weighted by atomic mass is 32.2. The largest absolute Gasteiger partial charge is 0.494 e. The number of hydrogen-bond donors (Lipinski definition) is 1. The van der Waals surface area contributed by atoms with Crippen LogP contribution >= 0.6 is 0 Å². The lowest BCUT2D eigenvalue weighted by Crippen LogP contribution is -2.53. The standard InChI is InChI=1S/C17H27N3O4S/c1-4-13-24-15-5-7-16(8-6-15)25(22,23)20-11-9-19(10-12-20)17(21)18-14(2)3/h5-8,14H,4,9-13H2,1-3H3,(H,18,21). The lowest BCUT2D eigenvalue weighted by atomic mass is 10.3. The number of hydrogen-bond acceptors (Lipinski definition) is 4. The molecular formula is C17H27N3O4S. The highest BCUT2D eigenvalue weighted by molar-refractivity contribution is 7.89. The molecule has 0 radical (unpaired) electrons. The molecule has 2 rings (SSSR count). The molecule has 0 unspecified atom stereocenters. The van der Waals surface area contributed by atoms with Crippen molar-refractivity contribution in [3.05, 3.63) is 24.3 Å². The van der Waals surface area contributed by atoms with Gasteiger partial charge in [0.1, 0.15) is 5.75 Å². The van der Waals surface area contributed by atoms with Crippen molar-refractivity contribution in [1.29, 1.82) is 0 Å². The number of amides is 2. The van der Waals surface area contributed by atoms with Gasteiger partial charge in [0.05, 0.1) is 11.5 Å². The zero-order valence-electron chi connectivity index (χ0n) is 15.1. The molecule has 1 fully saturated rings. The van der Waals surface area contributed by atoms with Crippen LogP contribution in [0.2, 0.25) is 0 Å². The lowest BCUT2D eigenvalue weighted by molar-refractivity contribution is 0.170. The van der Waals surface area contributed by atoms with Crippen LogP contribution in [0, 0.1) is 0 Å². The second kappa shape index (κ2) is 8.53. The van der Waals surface area contributed by atoms with Crippen LogP contribution < -0.4 is 10.1 Å². The normalized spacial score (nSPS) is 16.1. The number of rotatable bonds is 6. The summed E-state index contributed by atoms with van der Waals surface area (Å²) in [6.45, 7) is 7.76. The predicted molar refractivity (Wildman–Crippen MR) is 96.2 cm³/mol. The molecule has 0 atom stereocenters. The van der Waals surface area contributed by atoms with Crippen molar-refractivity contribution in [2.24, 2.45) is 0 Å². The number of benzene rings is 1. The van der Waals surface area contributed by atoms with Crippen molar-refractivity contribution in [1.82, 2.24) is 14.5 Å². The van der Waals surface area contributed by atoms with Gasteiger partial charge in [0, 0.05) is 32.2 Å². The molecule has 140 valence electrons. The third kappa shape index (κ3) is 5.09. The van der Waals surface area contributed by atoms with Gasteiger partial charge in [0.15, 0.2) is 0 Å². The molecule has 1 aromatic carbocycles. The molecule has 8 heteroatoms. The van der Waals surface area contributed by atoms with Gasteiger partial charge in [-0.2, -0.15) is 4.31 Å². The fourth-order valence-electron chi connectivity index (χ4n) is 2.55. The first kappa shape index (κ1) is 19.5. The monoisotopic (exact) mass is 369 g/mol. The fraction of sp³-hybridized carbons (Fsp3) is 0.588. The quantitative estimate of drug-likeness (QED) is 0.831. The molecule has 2 amide bonds. The first-order chi connectivity index (χ1) is 11.8. The van der Waals surface area contributed by atoms with Crippen molar-refractivity contribution < 1.29 is 17.9 Å². The molecule has 0 aliphatic carbocycles. The Morgan fingerprint density at radius 2 is 1.76 bits per heavy atom.